The lowest BCUT2D eigenvalue weighted by molar-refractivity contribution is -0.137. The van der Waals surface area contributed by atoms with Crippen molar-refractivity contribution in [2.24, 2.45) is 0 Å². The van der Waals surface area contributed by atoms with Gasteiger partial charge in [-0.3, -0.25) is 4.79 Å². The molecule has 0 aromatic heterocycles. The third-order valence-electron chi connectivity index (χ3n) is 4.41. The molecule has 0 unspecified atom stereocenters. The van der Waals surface area contributed by atoms with E-state index in [2.05, 4.69) is 31.2 Å². The van der Waals surface area contributed by atoms with Crippen LogP contribution in [-0.4, -0.2) is 50.3 Å². The number of likely N-dealkylation sites (tertiary alicyclic amines) is 1. The van der Waals surface area contributed by atoms with Gasteiger partial charge in [0.15, 0.2) is 0 Å². The van der Waals surface area contributed by atoms with Crippen molar-refractivity contribution in [2.75, 3.05) is 33.5 Å². The van der Waals surface area contributed by atoms with Crippen molar-refractivity contribution in [3.63, 3.8) is 0 Å². The van der Waals surface area contributed by atoms with Crippen LogP contribution in [0.1, 0.15) is 37.7 Å². The van der Waals surface area contributed by atoms with Gasteiger partial charge >= 0.3 is 0 Å². The zero-order valence-corrected chi connectivity index (χ0v) is 13.7. The number of benzene rings is 1. The summed E-state index contributed by atoms with van der Waals surface area (Å²) in [6.45, 7) is 4.20. The molecular formula is C18H27NO3. The van der Waals surface area contributed by atoms with Gasteiger partial charge in [-0.25, -0.2) is 0 Å². The molecule has 2 atom stereocenters. The van der Waals surface area contributed by atoms with E-state index in [4.69, 9.17) is 9.47 Å². The van der Waals surface area contributed by atoms with E-state index >= 15 is 0 Å². The SMILES string of the molecule is CC[C@@H](c1ccccc1)[C@H]1CCCN1C(=O)COCCOC. The first-order valence-corrected chi connectivity index (χ1v) is 8.19. The van der Waals surface area contributed by atoms with E-state index < -0.39 is 0 Å². The lowest BCUT2D eigenvalue weighted by Gasteiger charge is -2.31. The fourth-order valence-corrected chi connectivity index (χ4v) is 3.34. The van der Waals surface area contributed by atoms with Crippen LogP contribution in [0, 0.1) is 0 Å². The van der Waals surface area contributed by atoms with E-state index in [1.165, 1.54) is 5.56 Å². The van der Waals surface area contributed by atoms with Crippen LogP contribution in [0.15, 0.2) is 30.3 Å². The molecule has 0 saturated carbocycles. The molecule has 1 aromatic carbocycles. The summed E-state index contributed by atoms with van der Waals surface area (Å²) in [5.41, 5.74) is 1.33. The number of nitrogens with zero attached hydrogens (tertiary/aromatic N) is 1. The lowest BCUT2D eigenvalue weighted by atomic mass is 9.87. The number of methoxy groups -OCH3 is 1. The van der Waals surface area contributed by atoms with Gasteiger partial charge in [-0.05, 0) is 24.8 Å². The fourth-order valence-electron chi connectivity index (χ4n) is 3.34. The van der Waals surface area contributed by atoms with E-state index in [9.17, 15) is 4.79 Å². The van der Waals surface area contributed by atoms with Gasteiger partial charge in [-0.15, -0.1) is 0 Å². The maximum Gasteiger partial charge on any atom is 0.248 e. The molecule has 0 radical (unpaired) electrons. The van der Waals surface area contributed by atoms with Crippen LogP contribution < -0.4 is 0 Å². The van der Waals surface area contributed by atoms with E-state index in [0.717, 1.165) is 25.8 Å². The Morgan fingerprint density at radius 2 is 2.09 bits per heavy atom. The molecule has 1 heterocycles. The van der Waals surface area contributed by atoms with E-state index in [0.29, 0.717) is 25.2 Å². The molecule has 4 heteroatoms. The van der Waals surface area contributed by atoms with Crippen molar-refractivity contribution in [3.05, 3.63) is 35.9 Å². The third kappa shape index (κ3) is 4.31. The van der Waals surface area contributed by atoms with Crippen LogP contribution >= 0.6 is 0 Å². The van der Waals surface area contributed by atoms with E-state index in [-0.39, 0.29) is 12.5 Å². The highest BCUT2D eigenvalue weighted by molar-refractivity contribution is 5.78. The highest BCUT2D eigenvalue weighted by atomic mass is 16.5. The van der Waals surface area contributed by atoms with Gasteiger partial charge in [0.25, 0.3) is 0 Å². The van der Waals surface area contributed by atoms with Gasteiger partial charge in [0.05, 0.1) is 13.2 Å². The normalized spacial score (nSPS) is 19.4. The molecule has 1 aliphatic rings. The van der Waals surface area contributed by atoms with Crippen molar-refractivity contribution in [1.82, 2.24) is 4.90 Å². The summed E-state index contributed by atoms with van der Waals surface area (Å²) in [5.74, 6) is 0.514. The predicted molar refractivity (Wildman–Crippen MR) is 86.9 cm³/mol. The first-order valence-electron chi connectivity index (χ1n) is 8.19. The second kappa shape index (κ2) is 8.91. The quantitative estimate of drug-likeness (QED) is 0.693. The molecule has 0 aliphatic carbocycles. The molecule has 1 saturated heterocycles. The molecule has 0 N–H and O–H groups in total. The first kappa shape index (κ1) is 17.0. The van der Waals surface area contributed by atoms with Crippen LogP contribution in [0.25, 0.3) is 0 Å². The Morgan fingerprint density at radius 3 is 2.77 bits per heavy atom. The minimum absolute atomic E-state index is 0.105. The Bertz CT molecular complexity index is 449. The van der Waals surface area contributed by atoms with Crippen molar-refractivity contribution in [3.8, 4) is 0 Å². The minimum Gasteiger partial charge on any atom is -0.382 e. The Morgan fingerprint density at radius 1 is 1.32 bits per heavy atom. The van der Waals surface area contributed by atoms with Crippen LogP contribution in [0.4, 0.5) is 0 Å². The summed E-state index contributed by atoms with van der Waals surface area (Å²) < 4.78 is 10.3. The van der Waals surface area contributed by atoms with Crippen LogP contribution in [0.3, 0.4) is 0 Å². The summed E-state index contributed by atoms with van der Waals surface area (Å²) in [6, 6.07) is 10.8. The van der Waals surface area contributed by atoms with Crippen LogP contribution in [0.2, 0.25) is 0 Å². The van der Waals surface area contributed by atoms with Crippen LogP contribution in [-0.2, 0) is 14.3 Å². The second-order valence-corrected chi connectivity index (χ2v) is 5.77. The van der Waals surface area contributed by atoms with E-state index in [1.54, 1.807) is 7.11 Å². The van der Waals surface area contributed by atoms with Gasteiger partial charge in [0.1, 0.15) is 6.61 Å². The topological polar surface area (TPSA) is 38.8 Å². The molecule has 1 fully saturated rings. The van der Waals surface area contributed by atoms with Gasteiger partial charge in [-0.2, -0.15) is 0 Å². The molecule has 0 bridgehead atoms. The Balaban J connectivity index is 1.98. The Labute approximate surface area is 133 Å². The highest BCUT2D eigenvalue weighted by Gasteiger charge is 2.34. The summed E-state index contributed by atoms with van der Waals surface area (Å²) in [4.78, 5) is 14.5. The number of carbonyl (C=O) groups is 1. The molecular weight excluding hydrogens is 278 g/mol. The summed E-state index contributed by atoms with van der Waals surface area (Å²) in [5, 5.41) is 0. The smallest absolute Gasteiger partial charge is 0.248 e. The maximum atomic E-state index is 12.4. The number of hydrogen-bond donors (Lipinski definition) is 0. The third-order valence-corrected chi connectivity index (χ3v) is 4.41. The fraction of sp³-hybridized carbons (Fsp3) is 0.611. The Hall–Kier alpha value is -1.39. The summed E-state index contributed by atoms with van der Waals surface area (Å²) in [7, 11) is 1.63. The van der Waals surface area contributed by atoms with E-state index in [1.807, 2.05) is 11.0 Å². The average molecular weight is 305 g/mol. The zero-order chi connectivity index (χ0) is 15.8. The predicted octanol–water partition coefficient (Wildman–Crippen LogP) is 2.83. The molecule has 22 heavy (non-hydrogen) atoms. The minimum atomic E-state index is 0.105. The molecule has 1 aliphatic heterocycles. The maximum absolute atomic E-state index is 12.4. The first-order chi connectivity index (χ1) is 10.8. The highest BCUT2D eigenvalue weighted by Crippen LogP contribution is 2.33. The van der Waals surface area contributed by atoms with Gasteiger partial charge in [0.2, 0.25) is 5.91 Å². The standard InChI is InChI=1S/C18H27NO3/c1-3-16(15-8-5-4-6-9-15)17-10-7-11-19(17)18(20)14-22-13-12-21-2/h4-6,8-9,16-17H,3,7,10-14H2,1-2H3/t16-,17+/m0/s1. The van der Waals surface area contributed by atoms with Gasteiger partial charge in [0, 0.05) is 25.6 Å². The molecule has 2 rings (SSSR count). The van der Waals surface area contributed by atoms with Crippen LogP contribution in [0.5, 0.6) is 0 Å². The zero-order valence-electron chi connectivity index (χ0n) is 13.7. The van der Waals surface area contributed by atoms with Gasteiger partial charge < -0.3 is 14.4 Å². The van der Waals surface area contributed by atoms with Crippen molar-refractivity contribution < 1.29 is 14.3 Å². The van der Waals surface area contributed by atoms with Crippen molar-refractivity contribution in [2.45, 2.75) is 38.1 Å². The molecule has 1 aromatic rings. The monoisotopic (exact) mass is 305 g/mol. The lowest BCUT2D eigenvalue weighted by Crippen LogP contribution is -2.41. The van der Waals surface area contributed by atoms with Gasteiger partial charge in [-0.1, -0.05) is 37.3 Å². The number of amides is 1. The largest absolute Gasteiger partial charge is 0.382 e. The Kier molecular flexibility index (Phi) is 6.87. The average Bonchev–Trinajstić information content (AvgIpc) is 3.03. The number of carbonyl (C=O) groups excluding carboxylic acids is 1. The number of ether oxygens (including phenoxy) is 2. The number of rotatable bonds is 8. The number of hydrogen-bond acceptors (Lipinski definition) is 3. The van der Waals surface area contributed by atoms with Crippen molar-refractivity contribution in [1.29, 1.82) is 0 Å². The molecule has 4 nitrogen and oxygen atoms in total. The molecule has 1 amide bonds. The summed E-state index contributed by atoms with van der Waals surface area (Å²) >= 11 is 0. The second-order valence-electron chi connectivity index (χ2n) is 5.77. The summed E-state index contributed by atoms with van der Waals surface area (Å²) in [6.07, 6.45) is 3.21. The molecule has 0 spiro atoms. The molecule has 122 valence electrons. The van der Waals surface area contributed by atoms with Crippen molar-refractivity contribution >= 4 is 5.91 Å².